The molecule has 2 atom stereocenters. The summed E-state index contributed by atoms with van der Waals surface area (Å²) in [6, 6.07) is 11.5. The third-order valence-electron chi connectivity index (χ3n) is 4.08. The van der Waals surface area contributed by atoms with Crippen molar-refractivity contribution in [2.24, 2.45) is 5.92 Å². The summed E-state index contributed by atoms with van der Waals surface area (Å²) in [5, 5.41) is 12.5. The maximum atomic E-state index is 12.2. The predicted octanol–water partition coefficient (Wildman–Crippen LogP) is 2.37. The molecule has 1 aliphatic rings. The van der Waals surface area contributed by atoms with Crippen LogP contribution in [-0.4, -0.2) is 28.2 Å². The van der Waals surface area contributed by atoms with Gasteiger partial charge in [0.2, 0.25) is 0 Å². The zero-order valence-electron chi connectivity index (χ0n) is 11.9. The van der Waals surface area contributed by atoms with E-state index in [9.17, 15) is 9.90 Å². The fourth-order valence-corrected chi connectivity index (χ4v) is 2.89. The first kappa shape index (κ1) is 13.9. The van der Waals surface area contributed by atoms with Gasteiger partial charge in [-0.15, -0.1) is 0 Å². The fraction of sp³-hybridized carbons (Fsp3) is 0.353. The van der Waals surface area contributed by atoms with Gasteiger partial charge in [-0.2, -0.15) is 0 Å². The van der Waals surface area contributed by atoms with Gasteiger partial charge in [-0.1, -0.05) is 6.07 Å². The van der Waals surface area contributed by atoms with Gasteiger partial charge in [0.05, 0.1) is 6.10 Å². The Balaban J connectivity index is 1.63. The zero-order valence-corrected chi connectivity index (χ0v) is 11.9. The number of hydrogen-bond acceptors (Lipinski definition) is 2. The summed E-state index contributed by atoms with van der Waals surface area (Å²) in [6.07, 6.45) is 6.36. The largest absolute Gasteiger partial charge is 0.393 e. The molecule has 21 heavy (non-hydrogen) atoms. The number of nitrogens with zero attached hydrogens (tertiary/aromatic N) is 1. The molecule has 2 unspecified atom stereocenters. The quantitative estimate of drug-likeness (QED) is 0.905. The molecule has 0 saturated heterocycles. The van der Waals surface area contributed by atoms with E-state index in [1.54, 1.807) is 0 Å². The van der Waals surface area contributed by atoms with Crippen LogP contribution in [0.5, 0.6) is 0 Å². The topological polar surface area (TPSA) is 54.3 Å². The SMILES string of the molecule is O=C(NCC1CCC(O)C1)c1cccc(-n2cccc2)c1. The van der Waals surface area contributed by atoms with Gasteiger partial charge in [-0.25, -0.2) is 0 Å². The molecule has 4 heteroatoms. The molecular formula is C17H20N2O2. The van der Waals surface area contributed by atoms with Crippen LogP contribution in [0.4, 0.5) is 0 Å². The summed E-state index contributed by atoms with van der Waals surface area (Å²) in [4.78, 5) is 12.2. The Morgan fingerprint density at radius 1 is 1.24 bits per heavy atom. The second kappa shape index (κ2) is 6.14. The first-order valence-corrected chi connectivity index (χ1v) is 7.42. The Bertz CT molecular complexity index is 607. The Morgan fingerprint density at radius 3 is 2.76 bits per heavy atom. The van der Waals surface area contributed by atoms with Gasteiger partial charge in [-0.05, 0) is 55.5 Å². The van der Waals surface area contributed by atoms with E-state index in [1.807, 2.05) is 53.4 Å². The number of benzene rings is 1. The summed E-state index contributed by atoms with van der Waals surface area (Å²) < 4.78 is 1.98. The van der Waals surface area contributed by atoms with Crippen LogP contribution < -0.4 is 5.32 Å². The normalized spacial score (nSPS) is 21.4. The minimum Gasteiger partial charge on any atom is -0.393 e. The van der Waals surface area contributed by atoms with Crippen LogP contribution in [0.15, 0.2) is 48.8 Å². The molecule has 1 fully saturated rings. The molecule has 3 rings (SSSR count). The molecular weight excluding hydrogens is 264 g/mol. The van der Waals surface area contributed by atoms with Crippen molar-refractivity contribution in [1.82, 2.24) is 9.88 Å². The van der Waals surface area contributed by atoms with Gasteiger partial charge >= 0.3 is 0 Å². The van der Waals surface area contributed by atoms with E-state index in [0.29, 0.717) is 18.0 Å². The van der Waals surface area contributed by atoms with Gasteiger partial charge < -0.3 is 15.0 Å². The number of carbonyl (C=O) groups excluding carboxylic acids is 1. The number of rotatable bonds is 4. The maximum Gasteiger partial charge on any atom is 0.251 e. The molecule has 0 spiro atoms. The highest BCUT2D eigenvalue weighted by atomic mass is 16.3. The average molecular weight is 284 g/mol. The van der Waals surface area contributed by atoms with E-state index in [-0.39, 0.29) is 12.0 Å². The summed E-state index contributed by atoms with van der Waals surface area (Å²) in [6.45, 7) is 0.643. The van der Waals surface area contributed by atoms with Crippen molar-refractivity contribution in [1.29, 1.82) is 0 Å². The first-order valence-electron chi connectivity index (χ1n) is 7.42. The Labute approximate surface area is 124 Å². The van der Waals surface area contributed by atoms with Crippen molar-refractivity contribution in [3.8, 4) is 5.69 Å². The first-order chi connectivity index (χ1) is 10.2. The highest BCUT2D eigenvalue weighted by Crippen LogP contribution is 2.24. The summed E-state index contributed by atoms with van der Waals surface area (Å²) in [7, 11) is 0. The molecule has 110 valence electrons. The lowest BCUT2D eigenvalue weighted by Crippen LogP contribution is -2.28. The molecule has 1 aromatic carbocycles. The van der Waals surface area contributed by atoms with Crippen molar-refractivity contribution in [3.63, 3.8) is 0 Å². The third-order valence-corrected chi connectivity index (χ3v) is 4.08. The van der Waals surface area contributed by atoms with Gasteiger partial charge in [0.1, 0.15) is 0 Å². The molecule has 0 bridgehead atoms. The second-order valence-electron chi connectivity index (χ2n) is 5.68. The molecule has 1 aromatic heterocycles. The number of amides is 1. The van der Waals surface area contributed by atoms with Gasteiger partial charge in [0.25, 0.3) is 5.91 Å². The molecule has 1 saturated carbocycles. The summed E-state index contributed by atoms with van der Waals surface area (Å²) >= 11 is 0. The number of hydrogen-bond donors (Lipinski definition) is 2. The van der Waals surface area contributed by atoms with E-state index in [1.165, 1.54) is 0 Å². The molecule has 2 N–H and O–H groups in total. The molecule has 0 aliphatic heterocycles. The van der Waals surface area contributed by atoms with Crippen LogP contribution in [0.1, 0.15) is 29.6 Å². The van der Waals surface area contributed by atoms with Crippen molar-refractivity contribution < 1.29 is 9.90 Å². The monoisotopic (exact) mass is 284 g/mol. The van der Waals surface area contributed by atoms with Crippen molar-refractivity contribution in [2.75, 3.05) is 6.54 Å². The molecule has 1 heterocycles. The van der Waals surface area contributed by atoms with E-state index in [2.05, 4.69) is 5.32 Å². The van der Waals surface area contributed by atoms with Crippen LogP contribution >= 0.6 is 0 Å². The van der Waals surface area contributed by atoms with E-state index in [4.69, 9.17) is 0 Å². The minimum atomic E-state index is -0.191. The Kier molecular flexibility index (Phi) is 4.06. The number of aromatic nitrogens is 1. The second-order valence-corrected chi connectivity index (χ2v) is 5.68. The van der Waals surface area contributed by atoms with Crippen LogP contribution in [0, 0.1) is 5.92 Å². The predicted molar refractivity (Wildman–Crippen MR) is 81.5 cm³/mol. The average Bonchev–Trinajstić information content (AvgIpc) is 3.16. The molecule has 0 radical (unpaired) electrons. The van der Waals surface area contributed by atoms with Gasteiger partial charge in [0, 0.05) is 30.2 Å². The standard InChI is InChI=1S/C17H20N2O2/c20-16-7-6-13(10-16)12-18-17(21)14-4-3-5-15(11-14)19-8-1-2-9-19/h1-5,8-9,11,13,16,20H,6-7,10,12H2,(H,18,21). The number of nitrogens with one attached hydrogen (secondary N) is 1. The number of aliphatic hydroxyl groups is 1. The lowest BCUT2D eigenvalue weighted by atomic mass is 10.1. The minimum absolute atomic E-state index is 0.0506. The van der Waals surface area contributed by atoms with E-state index >= 15 is 0 Å². The smallest absolute Gasteiger partial charge is 0.251 e. The molecule has 1 amide bonds. The van der Waals surface area contributed by atoms with Crippen molar-refractivity contribution in [3.05, 3.63) is 54.4 Å². The van der Waals surface area contributed by atoms with Gasteiger partial charge in [0.15, 0.2) is 0 Å². The highest BCUT2D eigenvalue weighted by molar-refractivity contribution is 5.94. The summed E-state index contributed by atoms with van der Waals surface area (Å²) in [5.74, 6) is 0.349. The molecule has 2 aromatic rings. The zero-order chi connectivity index (χ0) is 14.7. The lowest BCUT2D eigenvalue weighted by molar-refractivity contribution is 0.0945. The highest BCUT2D eigenvalue weighted by Gasteiger charge is 2.23. The summed E-state index contributed by atoms with van der Waals surface area (Å²) in [5.41, 5.74) is 1.64. The maximum absolute atomic E-state index is 12.2. The number of carbonyl (C=O) groups is 1. The lowest BCUT2D eigenvalue weighted by Gasteiger charge is -2.11. The van der Waals surface area contributed by atoms with Crippen LogP contribution in [0.25, 0.3) is 5.69 Å². The Hall–Kier alpha value is -2.07. The third kappa shape index (κ3) is 3.34. The van der Waals surface area contributed by atoms with Crippen LogP contribution in [0.2, 0.25) is 0 Å². The number of aliphatic hydroxyl groups excluding tert-OH is 1. The molecule has 4 nitrogen and oxygen atoms in total. The van der Waals surface area contributed by atoms with Crippen LogP contribution in [0.3, 0.4) is 0 Å². The fourth-order valence-electron chi connectivity index (χ4n) is 2.89. The molecule has 1 aliphatic carbocycles. The van der Waals surface area contributed by atoms with E-state index < -0.39 is 0 Å². The Morgan fingerprint density at radius 2 is 2.05 bits per heavy atom. The van der Waals surface area contributed by atoms with E-state index in [0.717, 1.165) is 24.9 Å². The van der Waals surface area contributed by atoms with Crippen molar-refractivity contribution >= 4 is 5.91 Å². The van der Waals surface area contributed by atoms with Crippen molar-refractivity contribution in [2.45, 2.75) is 25.4 Å². The van der Waals surface area contributed by atoms with Crippen LogP contribution in [-0.2, 0) is 0 Å². The van der Waals surface area contributed by atoms with Gasteiger partial charge in [-0.3, -0.25) is 4.79 Å².